The van der Waals surface area contributed by atoms with Gasteiger partial charge in [-0.05, 0) is 46.8 Å². The lowest BCUT2D eigenvalue weighted by Gasteiger charge is -2.21. The van der Waals surface area contributed by atoms with Crippen molar-refractivity contribution < 1.29 is 4.21 Å². The molecular weight excluding hydrogens is 302 g/mol. The van der Waals surface area contributed by atoms with Crippen LogP contribution in [0.5, 0.6) is 0 Å². The van der Waals surface area contributed by atoms with E-state index in [1.165, 1.54) is 0 Å². The summed E-state index contributed by atoms with van der Waals surface area (Å²) in [6.45, 7) is 9.84. The lowest BCUT2D eigenvalue weighted by Crippen LogP contribution is -2.34. The van der Waals surface area contributed by atoms with Gasteiger partial charge in [-0.3, -0.25) is 4.98 Å². The van der Waals surface area contributed by atoms with Gasteiger partial charge in [-0.25, -0.2) is 13.9 Å². The van der Waals surface area contributed by atoms with E-state index in [-0.39, 0.29) is 10.8 Å². The highest BCUT2D eigenvalue weighted by Crippen LogP contribution is 2.29. The molecule has 0 unspecified atom stereocenters. The number of rotatable bonds is 4. The first-order valence-corrected chi connectivity index (χ1v) is 8.81. The summed E-state index contributed by atoms with van der Waals surface area (Å²) in [6.07, 6.45) is 3.68. The Morgan fingerprint density at radius 3 is 2.52 bits per heavy atom. The van der Waals surface area contributed by atoms with Gasteiger partial charge in [0, 0.05) is 28.5 Å². The topological polar surface area (TPSA) is 54.9 Å². The molecule has 2 heterocycles. The average molecular weight is 323 g/mol. The molecule has 0 fully saturated rings. The quantitative estimate of drug-likeness (QED) is 0.935. The fourth-order valence-corrected chi connectivity index (χ4v) is 3.39. The molecule has 2 aromatic heterocycles. The first-order valence-electron chi connectivity index (χ1n) is 6.84. The standard InChI is InChI=1S/C15H21N3OS2/c1-10-6-7-12(8-16-10)14-17-9-13(20-14)11(2)18-21(19)15(3,4)5/h6-9,11,18H,1-5H3/t11-,21+/m0/s1. The first kappa shape index (κ1) is 16.3. The zero-order chi connectivity index (χ0) is 15.6. The van der Waals surface area contributed by atoms with Gasteiger partial charge in [0.1, 0.15) is 5.01 Å². The Hall–Kier alpha value is -1.11. The molecule has 0 saturated heterocycles. The summed E-state index contributed by atoms with van der Waals surface area (Å²) in [6, 6.07) is 4.01. The third kappa shape index (κ3) is 4.18. The van der Waals surface area contributed by atoms with Crippen molar-refractivity contribution in [1.29, 1.82) is 0 Å². The number of hydrogen-bond acceptors (Lipinski definition) is 4. The van der Waals surface area contributed by atoms with Crippen molar-refractivity contribution in [3.05, 3.63) is 35.1 Å². The summed E-state index contributed by atoms with van der Waals surface area (Å²) in [7, 11) is -1.09. The molecule has 1 N–H and O–H groups in total. The Morgan fingerprint density at radius 2 is 1.95 bits per heavy atom. The minimum atomic E-state index is -1.09. The van der Waals surface area contributed by atoms with Gasteiger partial charge in [0.25, 0.3) is 0 Å². The molecule has 2 atom stereocenters. The van der Waals surface area contributed by atoms with Gasteiger partial charge in [0.05, 0.1) is 21.8 Å². The van der Waals surface area contributed by atoms with Crippen LogP contribution in [0.25, 0.3) is 10.6 Å². The van der Waals surface area contributed by atoms with E-state index in [0.717, 1.165) is 21.1 Å². The lowest BCUT2D eigenvalue weighted by atomic mass is 10.3. The zero-order valence-electron chi connectivity index (χ0n) is 13.0. The molecule has 21 heavy (non-hydrogen) atoms. The Balaban J connectivity index is 2.12. The second kappa shape index (κ2) is 6.34. The highest BCUT2D eigenvalue weighted by atomic mass is 32.2. The third-order valence-corrected chi connectivity index (χ3v) is 5.86. The molecule has 2 aromatic rings. The largest absolute Gasteiger partial charge is 0.261 e. The lowest BCUT2D eigenvalue weighted by molar-refractivity contribution is 0.618. The van der Waals surface area contributed by atoms with Crippen LogP contribution in [-0.2, 0) is 11.0 Å². The van der Waals surface area contributed by atoms with Gasteiger partial charge in [-0.1, -0.05) is 0 Å². The van der Waals surface area contributed by atoms with E-state index in [4.69, 9.17) is 0 Å². The maximum atomic E-state index is 12.1. The molecule has 4 nitrogen and oxygen atoms in total. The van der Waals surface area contributed by atoms with Crippen molar-refractivity contribution in [1.82, 2.24) is 14.7 Å². The van der Waals surface area contributed by atoms with Gasteiger partial charge in [0.2, 0.25) is 0 Å². The van der Waals surface area contributed by atoms with Crippen LogP contribution in [0.4, 0.5) is 0 Å². The van der Waals surface area contributed by atoms with Gasteiger partial charge in [-0.15, -0.1) is 11.3 Å². The predicted molar refractivity (Wildman–Crippen MR) is 89.5 cm³/mol. The number of nitrogens with one attached hydrogen (secondary N) is 1. The number of thiazole rings is 1. The van der Waals surface area contributed by atoms with Crippen molar-refractivity contribution in [2.24, 2.45) is 0 Å². The number of aromatic nitrogens is 2. The predicted octanol–water partition coefficient (Wildman–Crippen LogP) is 3.63. The molecule has 0 aliphatic carbocycles. The molecular formula is C15H21N3OS2. The first-order chi connectivity index (χ1) is 9.77. The maximum absolute atomic E-state index is 12.1. The Morgan fingerprint density at radius 1 is 1.24 bits per heavy atom. The Labute approximate surface area is 132 Å². The summed E-state index contributed by atoms with van der Waals surface area (Å²) >= 11 is 1.60. The van der Waals surface area contributed by atoms with Crippen LogP contribution in [0.1, 0.15) is 44.3 Å². The van der Waals surface area contributed by atoms with Crippen LogP contribution in [0.15, 0.2) is 24.5 Å². The smallest absolute Gasteiger partial charge is 0.125 e. The van der Waals surface area contributed by atoms with E-state index in [9.17, 15) is 4.21 Å². The minimum Gasteiger partial charge on any atom is -0.261 e. The molecule has 0 spiro atoms. The molecule has 0 radical (unpaired) electrons. The fraction of sp³-hybridized carbons (Fsp3) is 0.467. The van der Waals surface area contributed by atoms with Crippen molar-refractivity contribution in [3.63, 3.8) is 0 Å². The van der Waals surface area contributed by atoms with Gasteiger partial charge < -0.3 is 0 Å². The second-order valence-corrected chi connectivity index (χ2v) is 9.04. The summed E-state index contributed by atoms with van der Waals surface area (Å²) in [5.74, 6) is 0. The van der Waals surface area contributed by atoms with Crippen LogP contribution in [-0.4, -0.2) is 18.9 Å². The van der Waals surface area contributed by atoms with Gasteiger partial charge >= 0.3 is 0 Å². The molecule has 0 aliphatic heterocycles. The van der Waals surface area contributed by atoms with E-state index in [1.807, 2.05) is 59.1 Å². The summed E-state index contributed by atoms with van der Waals surface area (Å²) in [5, 5.41) is 0.938. The molecule has 0 saturated carbocycles. The number of aryl methyl sites for hydroxylation is 1. The van der Waals surface area contributed by atoms with Gasteiger partial charge in [-0.2, -0.15) is 0 Å². The van der Waals surface area contributed by atoms with Crippen LogP contribution in [0, 0.1) is 6.92 Å². The highest BCUT2D eigenvalue weighted by molar-refractivity contribution is 7.84. The van der Waals surface area contributed by atoms with Crippen molar-refractivity contribution in [2.45, 2.75) is 45.4 Å². The SMILES string of the molecule is Cc1ccc(-c2ncc([C@H](C)N[S@](=O)C(C)(C)C)s2)cn1. The molecule has 2 rings (SSSR count). The van der Waals surface area contributed by atoms with E-state index in [2.05, 4.69) is 14.7 Å². The summed E-state index contributed by atoms with van der Waals surface area (Å²) < 4.78 is 15.0. The molecule has 0 bridgehead atoms. The fourth-order valence-electron chi connectivity index (χ4n) is 1.61. The normalized spacial score (nSPS) is 14.9. The second-order valence-electron chi connectivity index (χ2n) is 5.98. The Kier molecular flexibility index (Phi) is 4.91. The number of pyridine rings is 1. The average Bonchev–Trinajstić information content (AvgIpc) is 2.88. The molecule has 0 aromatic carbocycles. The van der Waals surface area contributed by atoms with Crippen LogP contribution >= 0.6 is 11.3 Å². The van der Waals surface area contributed by atoms with Crippen molar-refractivity contribution >= 4 is 22.3 Å². The van der Waals surface area contributed by atoms with Crippen LogP contribution < -0.4 is 4.72 Å². The minimum absolute atomic E-state index is 0.00900. The zero-order valence-corrected chi connectivity index (χ0v) is 14.6. The molecule has 0 amide bonds. The Bertz CT molecular complexity index is 629. The molecule has 0 aliphatic rings. The molecule has 6 heteroatoms. The number of hydrogen-bond donors (Lipinski definition) is 1. The van der Waals surface area contributed by atoms with Crippen molar-refractivity contribution in [3.8, 4) is 10.6 Å². The maximum Gasteiger partial charge on any atom is 0.125 e. The number of nitrogens with zero attached hydrogens (tertiary/aromatic N) is 2. The van der Waals surface area contributed by atoms with E-state index in [1.54, 1.807) is 11.3 Å². The van der Waals surface area contributed by atoms with E-state index >= 15 is 0 Å². The van der Waals surface area contributed by atoms with Crippen LogP contribution in [0.3, 0.4) is 0 Å². The van der Waals surface area contributed by atoms with Crippen LogP contribution in [0.2, 0.25) is 0 Å². The summed E-state index contributed by atoms with van der Waals surface area (Å²) in [4.78, 5) is 9.81. The van der Waals surface area contributed by atoms with E-state index < -0.39 is 11.0 Å². The van der Waals surface area contributed by atoms with Gasteiger partial charge in [0.15, 0.2) is 0 Å². The monoisotopic (exact) mass is 323 g/mol. The highest BCUT2D eigenvalue weighted by Gasteiger charge is 2.22. The molecule has 114 valence electrons. The van der Waals surface area contributed by atoms with E-state index in [0.29, 0.717) is 0 Å². The van der Waals surface area contributed by atoms with Crippen molar-refractivity contribution in [2.75, 3.05) is 0 Å². The summed E-state index contributed by atoms with van der Waals surface area (Å²) in [5.41, 5.74) is 2.01. The third-order valence-electron chi connectivity index (χ3n) is 2.95.